The van der Waals surface area contributed by atoms with E-state index in [0.29, 0.717) is 23.9 Å². The van der Waals surface area contributed by atoms with E-state index < -0.39 is 0 Å². The first-order valence-electron chi connectivity index (χ1n) is 7.13. The number of anilines is 2. The zero-order chi connectivity index (χ0) is 14.4. The lowest BCUT2D eigenvalue weighted by atomic mass is 9.77. The molecule has 106 valence electrons. The molecular weight excluding hydrogens is 264 g/mol. The molecule has 0 spiro atoms. The van der Waals surface area contributed by atoms with Crippen molar-refractivity contribution < 1.29 is 9.53 Å². The molecule has 4 nitrogen and oxygen atoms in total. The van der Waals surface area contributed by atoms with Crippen LogP contribution in [0.1, 0.15) is 17.0 Å². The zero-order valence-electron chi connectivity index (χ0n) is 11.6. The molecule has 0 fully saturated rings. The maximum Gasteiger partial charge on any atom is 0.265 e. The third-order valence-corrected chi connectivity index (χ3v) is 4.29. The number of nitrogens with zero attached hydrogens (tertiary/aromatic N) is 1. The second-order valence-electron chi connectivity index (χ2n) is 5.62. The molecule has 0 bridgehead atoms. The van der Waals surface area contributed by atoms with Crippen LogP contribution in [-0.2, 0) is 11.2 Å². The lowest BCUT2D eigenvalue weighted by Gasteiger charge is -2.37. The number of carbonyl (C=O) groups is 1. The number of ether oxygens (including phenoxy) is 1. The van der Waals surface area contributed by atoms with Gasteiger partial charge in [-0.3, -0.25) is 4.79 Å². The maximum atomic E-state index is 12.2. The first-order valence-corrected chi connectivity index (χ1v) is 7.13. The Morgan fingerprint density at radius 1 is 1.24 bits per heavy atom. The Balaban J connectivity index is 1.63. The highest BCUT2D eigenvalue weighted by Crippen LogP contribution is 2.39. The van der Waals surface area contributed by atoms with Crippen LogP contribution in [-0.4, -0.2) is 19.1 Å². The van der Waals surface area contributed by atoms with Gasteiger partial charge in [0, 0.05) is 24.2 Å². The molecule has 21 heavy (non-hydrogen) atoms. The van der Waals surface area contributed by atoms with E-state index in [2.05, 4.69) is 24.3 Å². The largest absolute Gasteiger partial charge is 0.481 e. The van der Waals surface area contributed by atoms with Crippen molar-refractivity contribution in [1.29, 1.82) is 0 Å². The Morgan fingerprint density at radius 2 is 2.10 bits per heavy atom. The van der Waals surface area contributed by atoms with E-state index in [1.165, 1.54) is 11.1 Å². The molecule has 2 aliphatic rings. The van der Waals surface area contributed by atoms with Gasteiger partial charge in [-0.2, -0.15) is 0 Å². The number of benzene rings is 2. The van der Waals surface area contributed by atoms with E-state index in [4.69, 9.17) is 10.5 Å². The fraction of sp³-hybridized carbons (Fsp3) is 0.235. The second kappa shape index (κ2) is 4.52. The predicted octanol–water partition coefficient (Wildman–Crippen LogP) is 2.33. The number of amides is 1. The summed E-state index contributed by atoms with van der Waals surface area (Å²) in [5.41, 5.74) is 10.00. The van der Waals surface area contributed by atoms with Gasteiger partial charge in [-0.1, -0.05) is 24.3 Å². The molecular formula is C17H16N2O2. The lowest BCUT2D eigenvalue weighted by molar-refractivity contribution is -0.121. The second-order valence-corrected chi connectivity index (χ2v) is 5.62. The normalized spacial score (nSPS) is 19.3. The van der Waals surface area contributed by atoms with E-state index in [1.807, 2.05) is 17.0 Å². The molecule has 1 aliphatic heterocycles. The van der Waals surface area contributed by atoms with Gasteiger partial charge in [0.25, 0.3) is 5.91 Å². The lowest BCUT2D eigenvalue weighted by Crippen LogP contribution is -2.43. The molecule has 2 aromatic rings. The summed E-state index contributed by atoms with van der Waals surface area (Å²) in [5.74, 6) is 1.12. The SMILES string of the molecule is Nc1ccc2c(c1)OCC(=O)N2CC1Cc2ccccc21. The van der Waals surface area contributed by atoms with Crippen LogP contribution in [0.25, 0.3) is 0 Å². The van der Waals surface area contributed by atoms with Crippen LogP contribution in [0.3, 0.4) is 0 Å². The van der Waals surface area contributed by atoms with E-state index in [1.54, 1.807) is 6.07 Å². The molecule has 0 saturated heterocycles. The van der Waals surface area contributed by atoms with Gasteiger partial charge in [0.15, 0.2) is 6.61 Å². The van der Waals surface area contributed by atoms with Crippen molar-refractivity contribution in [3.8, 4) is 5.75 Å². The Labute approximate surface area is 123 Å². The first kappa shape index (κ1) is 12.3. The van der Waals surface area contributed by atoms with Gasteiger partial charge >= 0.3 is 0 Å². The molecule has 1 atom stereocenters. The molecule has 0 radical (unpaired) electrons. The summed E-state index contributed by atoms with van der Waals surface area (Å²) in [4.78, 5) is 14.0. The van der Waals surface area contributed by atoms with Crippen LogP contribution >= 0.6 is 0 Å². The van der Waals surface area contributed by atoms with Crippen molar-refractivity contribution in [3.05, 3.63) is 53.6 Å². The smallest absolute Gasteiger partial charge is 0.265 e. The number of carbonyl (C=O) groups excluding carboxylic acids is 1. The fourth-order valence-electron chi connectivity index (χ4n) is 3.17. The Morgan fingerprint density at radius 3 is 2.95 bits per heavy atom. The van der Waals surface area contributed by atoms with Crippen LogP contribution in [0.2, 0.25) is 0 Å². The molecule has 1 heterocycles. The Kier molecular flexibility index (Phi) is 2.64. The van der Waals surface area contributed by atoms with E-state index in [-0.39, 0.29) is 12.5 Å². The zero-order valence-corrected chi connectivity index (χ0v) is 11.6. The molecule has 1 aliphatic carbocycles. The molecule has 4 rings (SSSR count). The average molecular weight is 280 g/mol. The minimum Gasteiger partial charge on any atom is -0.481 e. The third-order valence-electron chi connectivity index (χ3n) is 4.29. The van der Waals surface area contributed by atoms with E-state index in [0.717, 1.165) is 12.1 Å². The van der Waals surface area contributed by atoms with Gasteiger partial charge in [0.2, 0.25) is 0 Å². The fourth-order valence-corrected chi connectivity index (χ4v) is 3.17. The molecule has 0 aromatic heterocycles. The van der Waals surface area contributed by atoms with Crippen LogP contribution in [0.15, 0.2) is 42.5 Å². The van der Waals surface area contributed by atoms with Crippen LogP contribution in [0.4, 0.5) is 11.4 Å². The minimum atomic E-state index is 0.0108. The van der Waals surface area contributed by atoms with E-state index in [9.17, 15) is 4.79 Å². The summed E-state index contributed by atoms with van der Waals surface area (Å²) >= 11 is 0. The predicted molar refractivity (Wildman–Crippen MR) is 81.6 cm³/mol. The van der Waals surface area contributed by atoms with Crippen molar-refractivity contribution in [2.45, 2.75) is 12.3 Å². The summed E-state index contributed by atoms with van der Waals surface area (Å²) < 4.78 is 5.48. The van der Waals surface area contributed by atoms with Gasteiger partial charge < -0.3 is 15.4 Å². The number of hydrogen-bond donors (Lipinski definition) is 1. The molecule has 4 heteroatoms. The number of rotatable bonds is 2. The molecule has 1 amide bonds. The van der Waals surface area contributed by atoms with Crippen LogP contribution < -0.4 is 15.4 Å². The quantitative estimate of drug-likeness (QED) is 0.859. The Bertz CT molecular complexity index is 726. The number of nitrogens with two attached hydrogens (primary N) is 1. The van der Waals surface area contributed by atoms with Gasteiger partial charge in [0.05, 0.1) is 5.69 Å². The van der Waals surface area contributed by atoms with Gasteiger partial charge in [-0.25, -0.2) is 0 Å². The highest BCUT2D eigenvalue weighted by Gasteiger charge is 2.32. The summed E-state index contributed by atoms with van der Waals surface area (Å²) in [6.07, 6.45) is 1.03. The molecule has 1 unspecified atom stereocenters. The summed E-state index contributed by atoms with van der Waals surface area (Å²) in [6, 6.07) is 13.9. The molecule has 2 aromatic carbocycles. The topological polar surface area (TPSA) is 55.6 Å². The molecule has 0 saturated carbocycles. The van der Waals surface area contributed by atoms with Crippen LogP contribution in [0.5, 0.6) is 5.75 Å². The van der Waals surface area contributed by atoms with Crippen LogP contribution in [0, 0.1) is 0 Å². The van der Waals surface area contributed by atoms with Crippen molar-refractivity contribution in [1.82, 2.24) is 0 Å². The molecule has 2 N–H and O–H groups in total. The van der Waals surface area contributed by atoms with Gasteiger partial charge in [-0.15, -0.1) is 0 Å². The Hall–Kier alpha value is -2.49. The number of nitrogen functional groups attached to an aromatic ring is 1. The van der Waals surface area contributed by atoms with Crippen molar-refractivity contribution in [3.63, 3.8) is 0 Å². The summed E-state index contributed by atoms with van der Waals surface area (Å²) in [5, 5.41) is 0. The number of hydrogen-bond acceptors (Lipinski definition) is 3. The monoisotopic (exact) mass is 280 g/mol. The third kappa shape index (κ3) is 1.95. The van der Waals surface area contributed by atoms with Gasteiger partial charge in [-0.05, 0) is 29.7 Å². The highest BCUT2D eigenvalue weighted by molar-refractivity contribution is 5.98. The van der Waals surface area contributed by atoms with Crippen molar-refractivity contribution in [2.24, 2.45) is 0 Å². The van der Waals surface area contributed by atoms with Gasteiger partial charge in [0.1, 0.15) is 5.75 Å². The van der Waals surface area contributed by atoms with Crippen molar-refractivity contribution in [2.75, 3.05) is 23.8 Å². The highest BCUT2D eigenvalue weighted by atomic mass is 16.5. The minimum absolute atomic E-state index is 0.0108. The van der Waals surface area contributed by atoms with Crippen molar-refractivity contribution >= 4 is 17.3 Å². The number of fused-ring (bicyclic) bond motifs is 2. The summed E-state index contributed by atoms with van der Waals surface area (Å²) in [6.45, 7) is 0.793. The maximum absolute atomic E-state index is 12.2. The van der Waals surface area contributed by atoms with E-state index >= 15 is 0 Å². The average Bonchev–Trinajstić information content (AvgIpc) is 2.46. The standard InChI is InChI=1S/C17H16N2O2/c18-13-5-6-15-16(8-13)21-10-17(20)19(15)9-12-7-11-3-1-2-4-14(11)12/h1-6,8,12H,7,9-10,18H2. The summed E-state index contributed by atoms with van der Waals surface area (Å²) in [7, 11) is 0. The first-order chi connectivity index (χ1) is 10.2.